The molecule has 0 aliphatic heterocycles. The highest BCUT2D eigenvalue weighted by Crippen LogP contribution is 2.19. The number of amides is 1. The van der Waals surface area contributed by atoms with Gasteiger partial charge >= 0.3 is 6.09 Å². The van der Waals surface area contributed by atoms with Crippen LogP contribution in [0.4, 0.5) is 4.79 Å². The fourth-order valence-corrected chi connectivity index (χ4v) is 2.88. The van der Waals surface area contributed by atoms with E-state index in [0.717, 1.165) is 37.5 Å². The summed E-state index contributed by atoms with van der Waals surface area (Å²) in [6.07, 6.45) is 7.44. The first-order valence-corrected chi connectivity index (χ1v) is 9.34. The molecular formula is C16H32N2O2S. The maximum atomic E-state index is 11.7. The van der Waals surface area contributed by atoms with E-state index < -0.39 is 5.60 Å². The summed E-state index contributed by atoms with van der Waals surface area (Å²) < 4.78 is 5.30. The third kappa shape index (κ3) is 8.57. The molecule has 21 heavy (non-hydrogen) atoms. The molecule has 0 radical (unpaired) electrons. The van der Waals surface area contributed by atoms with Crippen molar-refractivity contribution in [2.75, 3.05) is 12.8 Å². The number of hydrogen-bond acceptors (Lipinski definition) is 4. The van der Waals surface area contributed by atoms with Crippen molar-refractivity contribution in [2.45, 2.75) is 82.7 Å². The van der Waals surface area contributed by atoms with Gasteiger partial charge in [0.1, 0.15) is 5.60 Å². The van der Waals surface area contributed by atoms with Crippen LogP contribution in [-0.2, 0) is 4.74 Å². The summed E-state index contributed by atoms with van der Waals surface area (Å²) in [4.78, 5) is 11.7. The minimum atomic E-state index is -0.420. The summed E-state index contributed by atoms with van der Waals surface area (Å²) in [7, 11) is 0. The summed E-state index contributed by atoms with van der Waals surface area (Å²) in [5.74, 6) is 0. The summed E-state index contributed by atoms with van der Waals surface area (Å²) in [6, 6.07) is 0.874. The van der Waals surface area contributed by atoms with Crippen molar-refractivity contribution < 1.29 is 9.53 Å². The predicted octanol–water partition coefficient (Wildman–Crippen LogP) is 3.55. The van der Waals surface area contributed by atoms with E-state index >= 15 is 0 Å². The van der Waals surface area contributed by atoms with Crippen LogP contribution in [0.2, 0.25) is 0 Å². The summed E-state index contributed by atoms with van der Waals surface area (Å²) in [6.45, 7) is 9.04. The van der Waals surface area contributed by atoms with Crippen molar-refractivity contribution >= 4 is 17.9 Å². The first-order chi connectivity index (χ1) is 9.80. The van der Waals surface area contributed by atoms with E-state index in [1.807, 2.05) is 32.5 Å². The minimum Gasteiger partial charge on any atom is -0.444 e. The second-order valence-electron chi connectivity index (χ2n) is 6.98. The monoisotopic (exact) mass is 316 g/mol. The van der Waals surface area contributed by atoms with Crippen LogP contribution in [0, 0.1) is 0 Å². The Labute approximate surface area is 134 Å². The van der Waals surface area contributed by atoms with E-state index in [2.05, 4.69) is 23.8 Å². The first kappa shape index (κ1) is 18.6. The van der Waals surface area contributed by atoms with Crippen molar-refractivity contribution in [3.05, 3.63) is 0 Å². The second kappa shape index (κ2) is 8.89. The Bertz CT molecular complexity index is 310. The zero-order valence-corrected chi connectivity index (χ0v) is 15.0. The molecule has 2 N–H and O–H groups in total. The molecule has 1 atom stereocenters. The third-order valence-electron chi connectivity index (χ3n) is 3.83. The van der Waals surface area contributed by atoms with Crippen molar-refractivity contribution in [3.8, 4) is 0 Å². The number of rotatable bonds is 6. The van der Waals surface area contributed by atoms with E-state index in [9.17, 15) is 4.79 Å². The lowest BCUT2D eigenvalue weighted by Crippen LogP contribution is -2.44. The topological polar surface area (TPSA) is 50.4 Å². The van der Waals surface area contributed by atoms with E-state index in [4.69, 9.17) is 4.74 Å². The normalized spacial score (nSPS) is 24.4. The van der Waals surface area contributed by atoms with Crippen molar-refractivity contribution in [1.82, 2.24) is 10.6 Å². The van der Waals surface area contributed by atoms with Crippen LogP contribution >= 0.6 is 11.8 Å². The van der Waals surface area contributed by atoms with Gasteiger partial charge in [0, 0.05) is 17.3 Å². The van der Waals surface area contributed by atoms with E-state index in [0.29, 0.717) is 6.04 Å². The highest BCUT2D eigenvalue weighted by atomic mass is 32.2. The van der Waals surface area contributed by atoms with Gasteiger partial charge in [-0.15, -0.1) is 0 Å². The summed E-state index contributed by atoms with van der Waals surface area (Å²) >= 11 is 1.92. The Kier molecular flexibility index (Phi) is 7.88. The van der Waals surface area contributed by atoms with Crippen LogP contribution in [0.1, 0.15) is 59.8 Å². The number of hydrogen-bond donors (Lipinski definition) is 2. The first-order valence-electron chi connectivity index (χ1n) is 8.06. The van der Waals surface area contributed by atoms with E-state index in [-0.39, 0.29) is 12.1 Å². The van der Waals surface area contributed by atoms with Crippen molar-refractivity contribution in [2.24, 2.45) is 0 Å². The smallest absolute Gasteiger partial charge is 0.407 e. The Morgan fingerprint density at radius 1 is 1.24 bits per heavy atom. The fourth-order valence-electron chi connectivity index (χ4n) is 2.52. The molecule has 0 saturated heterocycles. The highest BCUT2D eigenvalue weighted by Gasteiger charge is 2.24. The third-order valence-corrected chi connectivity index (χ3v) is 4.87. The van der Waals surface area contributed by atoms with E-state index in [1.165, 1.54) is 6.42 Å². The van der Waals surface area contributed by atoms with Crippen LogP contribution in [-0.4, -0.2) is 41.8 Å². The molecule has 1 unspecified atom stereocenters. The molecule has 1 aliphatic carbocycles. The molecule has 0 aromatic heterocycles. The zero-order chi connectivity index (χ0) is 15.9. The number of carbonyl (C=O) groups is 1. The molecule has 1 amide bonds. The average Bonchev–Trinajstić information content (AvgIpc) is 2.38. The summed E-state index contributed by atoms with van der Waals surface area (Å²) in [5.41, 5.74) is -0.420. The molecule has 5 heteroatoms. The van der Waals surface area contributed by atoms with Gasteiger partial charge in [0.25, 0.3) is 0 Å². The number of ether oxygens (including phenoxy) is 1. The lowest BCUT2D eigenvalue weighted by molar-refractivity contribution is 0.0490. The number of nitrogens with one attached hydrogen (secondary N) is 2. The Hall–Kier alpha value is -0.420. The maximum Gasteiger partial charge on any atom is 0.407 e. The fraction of sp³-hybridized carbons (Fsp3) is 0.938. The van der Waals surface area contributed by atoms with Gasteiger partial charge in [-0.05, 0) is 65.7 Å². The predicted molar refractivity (Wildman–Crippen MR) is 91.0 cm³/mol. The Balaban J connectivity index is 2.16. The lowest BCUT2D eigenvalue weighted by Gasteiger charge is -2.30. The zero-order valence-electron chi connectivity index (χ0n) is 14.2. The molecule has 4 nitrogen and oxygen atoms in total. The van der Waals surface area contributed by atoms with Crippen molar-refractivity contribution in [1.29, 1.82) is 0 Å². The quantitative estimate of drug-likeness (QED) is 0.787. The van der Waals surface area contributed by atoms with Crippen LogP contribution in [0.3, 0.4) is 0 Å². The standard InChI is InChI=1S/C16H32N2O2S/c1-12(21-5)10-11-17-13-6-8-14(9-7-13)18-15(19)20-16(2,3)4/h12-14,17H,6-11H2,1-5H3,(H,18,19). The molecule has 1 aliphatic rings. The van der Waals surface area contributed by atoms with Gasteiger partial charge in [0.05, 0.1) is 0 Å². The maximum absolute atomic E-state index is 11.7. The van der Waals surface area contributed by atoms with Crippen LogP contribution in [0.5, 0.6) is 0 Å². The van der Waals surface area contributed by atoms with Crippen molar-refractivity contribution in [3.63, 3.8) is 0 Å². The van der Waals surface area contributed by atoms with Crippen LogP contribution in [0.25, 0.3) is 0 Å². The van der Waals surface area contributed by atoms with Gasteiger partial charge in [-0.3, -0.25) is 0 Å². The summed E-state index contributed by atoms with van der Waals surface area (Å²) in [5, 5.41) is 7.35. The largest absolute Gasteiger partial charge is 0.444 e. The van der Waals surface area contributed by atoms with Gasteiger partial charge in [0.2, 0.25) is 0 Å². The van der Waals surface area contributed by atoms with Gasteiger partial charge in [0.15, 0.2) is 0 Å². The Morgan fingerprint density at radius 2 is 1.81 bits per heavy atom. The SMILES string of the molecule is CSC(C)CCNC1CCC(NC(=O)OC(C)(C)C)CC1. The molecule has 0 aromatic rings. The number of thioether (sulfide) groups is 1. The number of carbonyl (C=O) groups excluding carboxylic acids is 1. The van der Waals surface area contributed by atoms with Crippen LogP contribution < -0.4 is 10.6 Å². The van der Waals surface area contributed by atoms with E-state index in [1.54, 1.807) is 0 Å². The highest BCUT2D eigenvalue weighted by molar-refractivity contribution is 7.99. The number of alkyl carbamates (subject to hydrolysis) is 1. The van der Waals surface area contributed by atoms with Crippen LogP contribution in [0.15, 0.2) is 0 Å². The average molecular weight is 317 g/mol. The molecular weight excluding hydrogens is 284 g/mol. The lowest BCUT2D eigenvalue weighted by atomic mass is 9.91. The molecule has 1 saturated carbocycles. The van der Waals surface area contributed by atoms with Gasteiger partial charge in [-0.25, -0.2) is 4.79 Å². The van der Waals surface area contributed by atoms with Gasteiger partial charge < -0.3 is 15.4 Å². The minimum absolute atomic E-state index is 0.267. The molecule has 1 rings (SSSR count). The molecule has 0 bridgehead atoms. The second-order valence-corrected chi connectivity index (χ2v) is 8.26. The molecule has 0 spiro atoms. The molecule has 0 aromatic carbocycles. The molecule has 1 fully saturated rings. The van der Waals surface area contributed by atoms with Gasteiger partial charge in [-0.1, -0.05) is 6.92 Å². The molecule has 124 valence electrons. The Morgan fingerprint density at radius 3 is 2.33 bits per heavy atom. The molecule has 0 heterocycles. The van der Waals surface area contributed by atoms with Gasteiger partial charge in [-0.2, -0.15) is 11.8 Å².